The molecule has 0 aliphatic heterocycles. The fourth-order valence-corrected chi connectivity index (χ4v) is 0.459. The first-order valence-corrected chi connectivity index (χ1v) is 3.07. The molecule has 0 aliphatic rings. The van der Waals surface area contributed by atoms with Crippen LogP contribution in [0.3, 0.4) is 0 Å². The molecule has 0 rings (SSSR count). The van der Waals surface area contributed by atoms with Gasteiger partial charge in [-0.25, -0.2) is 13.2 Å². The van der Waals surface area contributed by atoms with Gasteiger partial charge < -0.3 is 10.2 Å². The summed E-state index contributed by atoms with van der Waals surface area (Å²) >= 11 is 0. The van der Waals surface area contributed by atoms with Crippen LogP contribution in [0.5, 0.6) is 0 Å². The second kappa shape index (κ2) is 3.02. The van der Waals surface area contributed by atoms with Gasteiger partial charge in [0.2, 0.25) is 0 Å². The highest BCUT2D eigenvalue weighted by molar-refractivity contribution is 5.85. The molecule has 0 aromatic rings. The van der Waals surface area contributed by atoms with Gasteiger partial charge in [-0.15, -0.1) is 0 Å². The fourth-order valence-electron chi connectivity index (χ4n) is 0.459. The van der Waals surface area contributed by atoms with Crippen LogP contribution in [0.1, 0.15) is 13.8 Å². The normalized spacial score (nSPS) is 21.7. The third-order valence-electron chi connectivity index (χ3n) is 1.66. The third-order valence-corrected chi connectivity index (χ3v) is 1.66. The molecule has 2 atom stereocenters. The quantitative estimate of drug-likeness (QED) is 0.664. The molecule has 0 saturated heterocycles. The van der Waals surface area contributed by atoms with Crippen molar-refractivity contribution in [1.82, 2.24) is 0 Å². The maximum absolute atomic E-state index is 12.6. The van der Waals surface area contributed by atoms with E-state index in [1.54, 1.807) is 0 Å². The van der Waals surface area contributed by atoms with Gasteiger partial charge >= 0.3 is 5.85 Å². The lowest BCUT2D eigenvalue weighted by Crippen LogP contribution is -2.58. The van der Waals surface area contributed by atoms with Crippen molar-refractivity contribution in [1.29, 1.82) is 0 Å². The average Bonchev–Trinajstić information content (AvgIpc) is 1.86. The summed E-state index contributed by atoms with van der Waals surface area (Å²) in [6.07, 6.45) is -3.84. The summed E-state index contributed by atoms with van der Waals surface area (Å²) in [5.74, 6) is -5.48. The van der Waals surface area contributed by atoms with E-state index >= 15 is 0 Å². The minimum Gasteiger partial charge on any atom is -0.377 e. The number of carbonyl (C=O) groups is 1. The lowest BCUT2D eigenvalue weighted by atomic mass is 9.93. The Labute approximate surface area is 66.8 Å². The predicted molar refractivity (Wildman–Crippen MR) is 33.4 cm³/mol. The van der Waals surface area contributed by atoms with Gasteiger partial charge in [-0.05, 0) is 13.8 Å². The number of rotatable bonds is 3. The highest BCUT2D eigenvalue weighted by Gasteiger charge is 2.57. The van der Waals surface area contributed by atoms with Crippen molar-refractivity contribution in [3.8, 4) is 0 Å². The van der Waals surface area contributed by atoms with Gasteiger partial charge in [-0.2, -0.15) is 0 Å². The zero-order valence-corrected chi connectivity index (χ0v) is 6.51. The van der Waals surface area contributed by atoms with Crippen molar-refractivity contribution in [2.24, 2.45) is 0 Å². The Hall–Kier alpha value is -0.620. The van der Waals surface area contributed by atoms with Crippen LogP contribution in [0.15, 0.2) is 0 Å². The van der Waals surface area contributed by atoms with E-state index in [2.05, 4.69) is 0 Å². The van der Waals surface area contributed by atoms with E-state index in [1.807, 2.05) is 0 Å². The maximum atomic E-state index is 12.6. The zero-order valence-electron chi connectivity index (χ0n) is 6.51. The number of hydrogen-bond donors (Lipinski definition) is 2. The molecule has 0 unspecified atom stereocenters. The summed E-state index contributed by atoms with van der Waals surface area (Å²) in [5, 5.41) is 17.2. The molecular weight excluding hydrogens is 177 g/mol. The van der Waals surface area contributed by atoms with Crippen LogP contribution in [-0.4, -0.2) is 33.9 Å². The van der Waals surface area contributed by atoms with Crippen LogP contribution < -0.4 is 0 Å². The Morgan fingerprint density at radius 2 is 1.75 bits per heavy atom. The number of hydrogen-bond acceptors (Lipinski definition) is 3. The van der Waals surface area contributed by atoms with Crippen LogP contribution in [-0.2, 0) is 4.79 Å². The van der Waals surface area contributed by atoms with Crippen molar-refractivity contribution in [3.05, 3.63) is 0 Å². The average molecular weight is 186 g/mol. The Morgan fingerprint density at radius 3 is 1.83 bits per heavy atom. The largest absolute Gasteiger partial charge is 0.377 e. The molecule has 0 aromatic carbocycles. The van der Waals surface area contributed by atoms with E-state index in [9.17, 15) is 18.0 Å². The smallest absolute Gasteiger partial charge is 0.303 e. The van der Waals surface area contributed by atoms with Gasteiger partial charge in [0.1, 0.15) is 0 Å². The van der Waals surface area contributed by atoms with Gasteiger partial charge in [0.15, 0.2) is 11.4 Å². The number of carbonyl (C=O) groups excluding carboxylic acids is 1. The van der Waals surface area contributed by atoms with Crippen LogP contribution >= 0.6 is 0 Å². The van der Waals surface area contributed by atoms with E-state index < -0.39 is 23.7 Å². The van der Waals surface area contributed by atoms with Gasteiger partial charge in [0.25, 0.3) is 6.43 Å². The van der Waals surface area contributed by atoms with E-state index in [0.717, 1.165) is 0 Å². The molecular formula is C6H9F3O3. The number of ketones is 1. The van der Waals surface area contributed by atoms with Gasteiger partial charge in [0, 0.05) is 0 Å². The van der Waals surface area contributed by atoms with Crippen molar-refractivity contribution < 1.29 is 28.2 Å². The Balaban J connectivity index is 4.88. The molecule has 3 nitrogen and oxygen atoms in total. The molecule has 0 heterocycles. The highest BCUT2D eigenvalue weighted by atomic mass is 19.3. The molecule has 0 spiro atoms. The molecule has 0 aliphatic carbocycles. The number of Topliss-reactive ketones (excluding diaryl/α,β-unsaturated/α-hetero) is 1. The zero-order chi connectivity index (χ0) is 10.2. The van der Waals surface area contributed by atoms with Crippen LogP contribution in [0.2, 0.25) is 0 Å². The first-order valence-electron chi connectivity index (χ1n) is 3.07. The standard InChI is InChI=1S/C6H9F3O3/c1-3(10)5(2,11)6(9,12)4(7)8/h4,11-12H,1-2H3/t5-,6+/m1/s1. The molecule has 0 radical (unpaired) electrons. The highest BCUT2D eigenvalue weighted by Crippen LogP contribution is 2.30. The minimum absolute atomic E-state index is 0.488. The third kappa shape index (κ3) is 1.59. The molecule has 0 fully saturated rings. The fraction of sp³-hybridized carbons (Fsp3) is 0.833. The molecule has 6 heteroatoms. The van der Waals surface area contributed by atoms with E-state index in [0.29, 0.717) is 13.8 Å². The Bertz CT molecular complexity index is 188. The van der Waals surface area contributed by atoms with Crippen LogP contribution in [0.4, 0.5) is 13.2 Å². The second-order valence-electron chi connectivity index (χ2n) is 2.60. The predicted octanol–water partition coefficient (Wildman–Crippen LogP) is 0.250. The molecule has 0 amide bonds. The summed E-state index contributed by atoms with van der Waals surface area (Å²) in [4.78, 5) is 10.4. The minimum atomic E-state index is -4.21. The monoisotopic (exact) mass is 186 g/mol. The number of alkyl halides is 3. The maximum Gasteiger partial charge on any atom is 0.303 e. The molecule has 72 valence electrons. The summed E-state index contributed by atoms with van der Waals surface area (Å²) in [6, 6.07) is 0. The molecule has 12 heavy (non-hydrogen) atoms. The molecule has 0 aromatic heterocycles. The topological polar surface area (TPSA) is 57.5 Å². The van der Waals surface area contributed by atoms with Gasteiger partial charge in [-0.3, -0.25) is 4.79 Å². The number of halogens is 3. The van der Waals surface area contributed by atoms with E-state index in [-0.39, 0.29) is 0 Å². The summed E-state index contributed by atoms with van der Waals surface area (Å²) in [6.45, 7) is 1.19. The van der Waals surface area contributed by atoms with Crippen molar-refractivity contribution in [3.63, 3.8) is 0 Å². The van der Waals surface area contributed by atoms with Gasteiger partial charge in [-0.1, -0.05) is 0 Å². The lowest BCUT2D eigenvalue weighted by Gasteiger charge is -2.31. The summed E-state index contributed by atoms with van der Waals surface area (Å²) in [5.41, 5.74) is -3.08. The first-order chi connectivity index (χ1) is 5.14. The van der Waals surface area contributed by atoms with Crippen LogP contribution in [0.25, 0.3) is 0 Å². The molecule has 2 N–H and O–H groups in total. The second-order valence-corrected chi connectivity index (χ2v) is 2.60. The van der Waals surface area contributed by atoms with Crippen molar-refractivity contribution >= 4 is 5.78 Å². The Morgan fingerprint density at radius 1 is 1.42 bits per heavy atom. The molecule has 0 bridgehead atoms. The number of aliphatic hydroxyl groups is 2. The SMILES string of the molecule is CC(=O)[C@@](C)(O)[C@](O)(F)C(F)F. The van der Waals surface area contributed by atoms with E-state index in [4.69, 9.17) is 10.2 Å². The first kappa shape index (κ1) is 11.4. The van der Waals surface area contributed by atoms with E-state index in [1.165, 1.54) is 0 Å². The summed E-state index contributed by atoms with van der Waals surface area (Å²) < 4.78 is 36.0. The van der Waals surface area contributed by atoms with Gasteiger partial charge in [0.05, 0.1) is 0 Å². The van der Waals surface area contributed by atoms with Crippen molar-refractivity contribution in [2.45, 2.75) is 31.7 Å². The van der Waals surface area contributed by atoms with Crippen LogP contribution in [0, 0.1) is 0 Å². The Kier molecular flexibility index (Phi) is 2.87. The summed E-state index contributed by atoms with van der Waals surface area (Å²) in [7, 11) is 0. The van der Waals surface area contributed by atoms with Crippen molar-refractivity contribution in [2.75, 3.05) is 0 Å². The molecule has 0 saturated carbocycles. The lowest BCUT2D eigenvalue weighted by molar-refractivity contribution is -0.269.